The van der Waals surface area contributed by atoms with Crippen LogP contribution in [-0.2, 0) is 9.59 Å². The molecule has 0 spiro atoms. The van der Waals surface area contributed by atoms with Gasteiger partial charge in [0.1, 0.15) is 0 Å². The Balaban J connectivity index is 2.42. The Morgan fingerprint density at radius 1 is 1.10 bits per heavy atom. The van der Waals surface area contributed by atoms with Crippen LogP contribution in [0, 0.1) is 0 Å². The summed E-state index contributed by atoms with van der Waals surface area (Å²) < 4.78 is 0. The zero-order chi connectivity index (χ0) is 15.0. The summed E-state index contributed by atoms with van der Waals surface area (Å²) in [6, 6.07) is 0.388. The first-order valence-electron chi connectivity index (χ1n) is 7.83. The predicted molar refractivity (Wildman–Crippen MR) is 80.4 cm³/mol. The van der Waals surface area contributed by atoms with Crippen LogP contribution in [0.1, 0.15) is 46.0 Å². The van der Waals surface area contributed by atoms with E-state index in [1.54, 1.807) is 0 Å². The van der Waals surface area contributed by atoms with Gasteiger partial charge in [0.05, 0.1) is 13.1 Å². The van der Waals surface area contributed by atoms with Crippen molar-refractivity contribution in [2.75, 3.05) is 33.2 Å². The summed E-state index contributed by atoms with van der Waals surface area (Å²) >= 11 is 0. The van der Waals surface area contributed by atoms with Crippen LogP contribution in [0.3, 0.4) is 0 Å². The van der Waals surface area contributed by atoms with E-state index in [9.17, 15) is 9.59 Å². The molecule has 2 amide bonds. The molecule has 0 aliphatic heterocycles. The molecule has 1 N–H and O–H groups in total. The van der Waals surface area contributed by atoms with Crippen LogP contribution in [0.2, 0.25) is 0 Å². The van der Waals surface area contributed by atoms with Crippen molar-refractivity contribution in [2.24, 2.45) is 0 Å². The van der Waals surface area contributed by atoms with Crippen LogP contribution in [0.25, 0.3) is 0 Å². The van der Waals surface area contributed by atoms with Crippen molar-refractivity contribution in [3.63, 3.8) is 0 Å². The lowest BCUT2D eigenvalue weighted by atomic mass is 9.94. The molecule has 1 fully saturated rings. The van der Waals surface area contributed by atoms with Gasteiger partial charge < -0.3 is 10.2 Å². The maximum Gasteiger partial charge on any atom is 0.236 e. The molecule has 0 heterocycles. The van der Waals surface area contributed by atoms with Crippen LogP contribution in [0.4, 0.5) is 0 Å². The van der Waals surface area contributed by atoms with Gasteiger partial charge in [0.25, 0.3) is 0 Å². The summed E-state index contributed by atoms with van der Waals surface area (Å²) in [5, 5.41) is 2.77. The SMILES string of the molecule is CCNC(=O)CN(CC)CC(=O)N(C)C1CCCCC1. The third-order valence-electron chi connectivity index (χ3n) is 4.06. The van der Waals surface area contributed by atoms with Gasteiger partial charge in [-0.3, -0.25) is 14.5 Å². The fourth-order valence-electron chi connectivity index (χ4n) is 2.71. The molecular weight excluding hydrogens is 254 g/mol. The molecule has 1 aliphatic rings. The lowest BCUT2D eigenvalue weighted by molar-refractivity contribution is -0.134. The monoisotopic (exact) mass is 283 g/mol. The highest BCUT2D eigenvalue weighted by Gasteiger charge is 2.23. The molecule has 1 aliphatic carbocycles. The van der Waals surface area contributed by atoms with E-state index in [1.807, 2.05) is 30.7 Å². The van der Waals surface area contributed by atoms with E-state index in [1.165, 1.54) is 19.3 Å². The van der Waals surface area contributed by atoms with E-state index in [4.69, 9.17) is 0 Å². The highest BCUT2D eigenvalue weighted by atomic mass is 16.2. The molecule has 0 unspecified atom stereocenters. The van der Waals surface area contributed by atoms with Crippen molar-refractivity contribution >= 4 is 11.8 Å². The minimum Gasteiger partial charge on any atom is -0.355 e. The molecule has 1 rings (SSSR count). The van der Waals surface area contributed by atoms with Crippen LogP contribution in [0.15, 0.2) is 0 Å². The van der Waals surface area contributed by atoms with Gasteiger partial charge in [-0.2, -0.15) is 0 Å². The molecule has 0 radical (unpaired) electrons. The molecule has 0 bridgehead atoms. The minimum atomic E-state index is -0.0116. The number of hydrogen-bond acceptors (Lipinski definition) is 3. The van der Waals surface area contributed by atoms with Gasteiger partial charge in [0.15, 0.2) is 0 Å². The zero-order valence-electron chi connectivity index (χ0n) is 13.2. The van der Waals surface area contributed by atoms with Crippen LogP contribution in [0.5, 0.6) is 0 Å². The first-order chi connectivity index (χ1) is 9.58. The number of likely N-dealkylation sites (N-methyl/N-ethyl adjacent to an activating group) is 3. The van der Waals surface area contributed by atoms with E-state index in [0.717, 1.165) is 12.8 Å². The molecule has 20 heavy (non-hydrogen) atoms. The van der Waals surface area contributed by atoms with E-state index in [2.05, 4.69) is 5.32 Å². The Bertz CT molecular complexity index is 314. The second kappa shape index (κ2) is 8.95. The maximum atomic E-state index is 12.3. The highest BCUT2D eigenvalue weighted by Crippen LogP contribution is 2.21. The van der Waals surface area contributed by atoms with Crippen molar-refractivity contribution in [1.82, 2.24) is 15.1 Å². The molecule has 0 saturated heterocycles. The lowest BCUT2D eigenvalue weighted by Gasteiger charge is -2.32. The van der Waals surface area contributed by atoms with Crippen molar-refractivity contribution in [2.45, 2.75) is 52.0 Å². The van der Waals surface area contributed by atoms with E-state index < -0.39 is 0 Å². The van der Waals surface area contributed by atoms with Gasteiger partial charge in [-0.25, -0.2) is 0 Å². The Labute approximate surface area is 122 Å². The molecule has 1 saturated carbocycles. The van der Waals surface area contributed by atoms with Crippen LogP contribution in [-0.4, -0.2) is 60.9 Å². The van der Waals surface area contributed by atoms with Gasteiger partial charge in [-0.1, -0.05) is 26.2 Å². The minimum absolute atomic E-state index is 0.0116. The normalized spacial score (nSPS) is 16.2. The molecule has 116 valence electrons. The third-order valence-corrected chi connectivity index (χ3v) is 4.06. The standard InChI is InChI=1S/C15H29N3O2/c1-4-16-14(19)11-18(5-2)12-15(20)17(3)13-9-7-6-8-10-13/h13H,4-12H2,1-3H3,(H,16,19). The zero-order valence-corrected chi connectivity index (χ0v) is 13.2. The number of carbonyl (C=O) groups is 2. The van der Waals surface area contributed by atoms with E-state index in [-0.39, 0.29) is 11.8 Å². The van der Waals surface area contributed by atoms with Gasteiger partial charge in [0.2, 0.25) is 11.8 Å². The lowest BCUT2D eigenvalue weighted by Crippen LogP contribution is -2.46. The molecule has 0 aromatic carbocycles. The Morgan fingerprint density at radius 2 is 1.75 bits per heavy atom. The molecule has 5 heteroatoms. The van der Waals surface area contributed by atoms with E-state index >= 15 is 0 Å². The first-order valence-corrected chi connectivity index (χ1v) is 7.83. The van der Waals surface area contributed by atoms with Gasteiger partial charge >= 0.3 is 0 Å². The van der Waals surface area contributed by atoms with Crippen molar-refractivity contribution in [3.8, 4) is 0 Å². The Hall–Kier alpha value is -1.10. The number of nitrogens with zero attached hydrogens (tertiary/aromatic N) is 2. The van der Waals surface area contributed by atoms with Gasteiger partial charge in [-0.15, -0.1) is 0 Å². The largest absolute Gasteiger partial charge is 0.355 e. The molecule has 0 atom stereocenters. The topological polar surface area (TPSA) is 52.7 Å². The summed E-state index contributed by atoms with van der Waals surface area (Å²) in [4.78, 5) is 27.7. The smallest absolute Gasteiger partial charge is 0.236 e. The summed E-state index contributed by atoms with van der Waals surface area (Å²) in [5.41, 5.74) is 0. The molecule has 0 aromatic rings. The molecular formula is C15H29N3O2. The first kappa shape index (κ1) is 17.0. The number of amides is 2. The number of nitrogens with one attached hydrogen (secondary N) is 1. The second-order valence-corrected chi connectivity index (χ2v) is 5.55. The fourth-order valence-corrected chi connectivity index (χ4v) is 2.71. The summed E-state index contributed by atoms with van der Waals surface area (Å²) in [5.74, 6) is 0.116. The number of hydrogen-bond donors (Lipinski definition) is 1. The Morgan fingerprint density at radius 3 is 2.30 bits per heavy atom. The Kier molecular flexibility index (Phi) is 7.59. The van der Waals surface area contributed by atoms with Gasteiger partial charge in [0, 0.05) is 19.6 Å². The average Bonchev–Trinajstić information content (AvgIpc) is 2.46. The molecule has 5 nitrogen and oxygen atoms in total. The second-order valence-electron chi connectivity index (χ2n) is 5.55. The number of carbonyl (C=O) groups excluding carboxylic acids is 2. The number of rotatable bonds is 7. The third kappa shape index (κ3) is 5.49. The highest BCUT2D eigenvalue weighted by molar-refractivity contribution is 5.81. The summed E-state index contributed by atoms with van der Waals surface area (Å²) in [7, 11) is 1.90. The molecule has 0 aromatic heterocycles. The quantitative estimate of drug-likeness (QED) is 0.765. The van der Waals surface area contributed by atoms with Crippen molar-refractivity contribution in [3.05, 3.63) is 0 Å². The summed E-state index contributed by atoms with van der Waals surface area (Å²) in [6.45, 7) is 5.85. The van der Waals surface area contributed by atoms with Gasteiger partial charge in [-0.05, 0) is 26.3 Å². The van der Waals surface area contributed by atoms with E-state index in [0.29, 0.717) is 32.2 Å². The average molecular weight is 283 g/mol. The predicted octanol–water partition coefficient (Wildman–Crippen LogP) is 1.24. The fraction of sp³-hybridized carbons (Fsp3) is 0.867. The van der Waals surface area contributed by atoms with Crippen molar-refractivity contribution in [1.29, 1.82) is 0 Å². The van der Waals surface area contributed by atoms with Crippen LogP contribution < -0.4 is 5.32 Å². The summed E-state index contributed by atoms with van der Waals surface area (Å²) in [6.07, 6.45) is 5.96. The maximum absolute atomic E-state index is 12.3. The van der Waals surface area contributed by atoms with Crippen LogP contribution >= 0.6 is 0 Å². The van der Waals surface area contributed by atoms with Crippen molar-refractivity contribution < 1.29 is 9.59 Å².